The summed E-state index contributed by atoms with van der Waals surface area (Å²) < 4.78 is 1.99. The summed E-state index contributed by atoms with van der Waals surface area (Å²) in [5, 5.41) is 7.76. The van der Waals surface area contributed by atoms with Gasteiger partial charge in [0.05, 0.1) is 5.69 Å². The fourth-order valence-corrected chi connectivity index (χ4v) is 2.78. The summed E-state index contributed by atoms with van der Waals surface area (Å²) >= 11 is 0. The third kappa shape index (κ3) is 2.69. The number of hydrogen-bond donors (Lipinski definition) is 1. The molecule has 1 aliphatic heterocycles. The van der Waals surface area contributed by atoms with Gasteiger partial charge in [-0.1, -0.05) is 0 Å². The van der Waals surface area contributed by atoms with E-state index in [2.05, 4.69) is 29.2 Å². The van der Waals surface area contributed by atoms with Gasteiger partial charge in [-0.2, -0.15) is 5.10 Å². The first kappa shape index (κ1) is 12.6. The Bertz CT molecular complexity index is 383. The molecule has 2 heterocycles. The third-order valence-electron chi connectivity index (χ3n) is 3.90. The number of hydrogen-bond acceptors (Lipinski definition) is 3. The number of nitrogens with zero attached hydrogens (tertiary/aromatic N) is 3. The maximum absolute atomic E-state index is 4.49. The molecule has 1 unspecified atom stereocenters. The van der Waals surface area contributed by atoms with Crippen LogP contribution in [0, 0.1) is 19.8 Å². The Balaban J connectivity index is 1.98. The van der Waals surface area contributed by atoms with Gasteiger partial charge in [0, 0.05) is 31.4 Å². The van der Waals surface area contributed by atoms with Gasteiger partial charge in [-0.3, -0.25) is 9.58 Å². The van der Waals surface area contributed by atoms with Crippen molar-refractivity contribution in [3.05, 3.63) is 17.0 Å². The molecule has 0 bridgehead atoms. The van der Waals surface area contributed by atoms with Crippen LogP contribution in [0.2, 0.25) is 0 Å². The molecule has 1 aliphatic rings. The van der Waals surface area contributed by atoms with Crippen molar-refractivity contribution in [3.63, 3.8) is 0 Å². The summed E-state index contributed by atoms with van der Waals surface area (Å²) in [5.74, 6) is 0.817. The van der Waals surface area contributed by atoms with E-state index >= 15 is 0 Å². The highest BCUT2D eigenvalue weighted by Crippen LogP contribution is 2.21. The summed E-state index contributed by atoms with van der Waals surface area (Å²) in [6.07, 6.45) is 1.32. The van der Waals surface area contributed by atoms with Crippen LogP contribution >= 0.6 is 0 Å². The first-order chi connectivity index (χ1) is 8.11. The number of aryl methyl sites for hydroxylation is 2. The van der Waals surface area contributed by atoms with Crippen LogP contribution in [-0.2, 0) is 13.6 Å². The van der Waals surface area contributed by atoms with Gasteiger partial charge in [-0.25, -0.2) is 0 Å². The quantitative estimate of drug-likeness (QED) is 0.849. The maximum Gasteiger partial charge on any atom is 0.0641 e. The molecule has 0 radical (unpaired) electrons. The van der Waals surface area contributed by atoms with Crippen molar-refractivity contribution in [3.8, 4) is 0 Å². The average molecular weight is 236 g/mol. The molecule has 0 spiro atoms. The molecular weight excluding hydrogens is 212 g/mol. The molecule has 1 aromatic rings. The van der Waals surface area contributed by atoms with Crippen LogP contribution in [0.25, 0.3) is 0 Å². The molecule has 1 saturated heterocycles. The minimum Gasteiger partial charge on any atom is -0.319 e. The molecule has 4 nitrogen and oxygen atoms in total. The van der Waals surface area contributed by atoms with Crippen molar-refractivity contribution < 1.29 is 0 Å². The summed E-state index contributed by atoms with van der Waals surface area (Å²) in [5.41, 5.74) is 3.90. The molecule has 0 saturated carbocycles. The van der Waals surface area contributed by atoms with E-state index in [0.29, 0.717) is 0 Å². The summed E-state index contributed by atoms with van der Waals surface area (Å²) in [7, 11) is 4.07. The number of nitrogens with one attached hydrogen (secondary N) is 1. The second kappa shape index (κ2) is 5.19. The van der Waals surface area contributed by atoms with Crippen molar-refractivity contribution in [2.75, 3.05) is 26.7 Å². The molecule has 1 aromatic heterocycles. The average Bonchev–Trinajstić information content (AvgIpc) is 2.81. The van der Waals surface area contributed by atoms with Crippen molar-refractivity contribution in [1.29, 1.82) is 0 Å². The first-order valence-corrected chi connectivity index (χ1v) is 6.47. The van der Waals surface area contributed by atoms with Crippen LogP contribution in [0.4, 0.5) is 0 Å². The smallest absolute Gasteiger partial charge is 0.0641 e. The highest BCUT2D eigenvalue weighted by molar-refractivity contribution is 5.24. The van der Waals surface area contributed by atoms with Crippen LogP contribution in [-0.4, -0.2) is 41.4 Å². The van der Waals surface area contributed by atoms with Gasteiger partial charge in [-0.05, 0) is 46.3 Å². The van der Waals surface area contributed by atoms with Crippen LogP contribution < -0.4 is 5.32 Å². The van der Waals surface area contributed by atoms with Crippen molar-refractivity contribution in [2.45, 2.75) is 26.8 Å². The zero-order chi connectivity index (χ0) is 12.4. The molecule has 0 aliphatic carbocycles. The molecule has 1 fully saturated rings. The lowest BCUT2D eigenvalue weighted by Crippen LogP contribution is -2.24. The van der Waals surface area contributed by atoms with E-state index in [-0.39, 0.29) is 0 Å². The lowest BCUT2D eigenvalue weighted by molar-refractivity contribution is 0.314. The standard InChI is InChI=1S/C13H24N4/c1-10-13(11(2)16(4)15-10)9-17-6-5-12(8-17)7-14-3/h12,14H,5-9H2,1-4H3. The van der Waals surface area contributed by atoms with Crippen molar-refractivity contribution >= 4 is 0 Å². The minimum atomic E-state index is 0.817. The first-order valence-electron chi connectivity index (χ1n) is 6.47. The zero-order valence-electron chi connectivity index (χ0n) is 11.5. The van der Waals surface area contributed by atoms with Gasteiger partial charge in [0.1, 0.15) is 0 Å². The Morgan fingerprint density at radius 3 is 2.76 bits per heavy atom. The van der Waals surface area contributed by atoms with Crippen LogP contribution in [0.1, 0.15) is 23.4 Å². The topological polar surface area (TPSA) is 33.1 Å². The van der Waals surface area contributed by atoms with Gasteiger partial charge in [-0.15, -0.1) is 0 Å². The van der Waals surface area contributed by atoms with Crippen LogP contribution in [0.5, 0.6) is 0 Å². The lowest BCUT2D eigenvalue weighted by Gasteiger charge is -2.16. The summed E-state index contributed by atoms with van der Waals surface area (Å²) in [6, 6.07) is 0. The molecule has 0 amide bonds. The van der Waals surface area contributed by atoms with Crippen LogP contribution in [0.15, 0.2) is 0 Å². The van der Waals surface area contributed by atoms with Crippen LogP contribution in [0.3, 0.4) is 0 Å². The van der Waals surface area contributed by atoms with Gasteiger partial charge >= 0.3 is 0 Å². The third-order valence-corrected chi connectivity index (χ3v) is 3.90. The van der Waals surface area contributed by atoms with E-state index in [9.17, 15) is 0 Å². The molecular formula is C13H24N4. The second-order valence-electron chi connectivity index (χ2n) is 5.22. The van der Waals surface area contributed by atoms with Crippen molar-refractivity contribution in [2.24, 2.45) is 13.0 Å². The fourth-order valence-electron chi connectivity index (χ4n) is 2.78. The van der Waals surface area contributed by atoms with E-state index in [1.807, 2.05) is 18.8 Å². The maximum atomic E-state index is 4.49. The highest BCUT2D eigenvalue weighted by Gasteiger charge is 2.23. The predicted molar refractivity (Wildman–Crippen MR) is 70.0 cm³/mol. The Labute approximate surface area is 104 Å². The molecule has 1 atom stereocenters. The molecule has 96 valence electrons. The molecule has 0 aromatic carbocycles. The monoisotopic (exact) mass is 236 g/mol. The Morgan fingerprint density at radius 1 is 1.41 bits per heavy atom. The van der Waals surface area contributed by atoms with Gasteiger partial charge < -0.3 is 5.32 Å². The molecule has 2 rings (SSSR count). The second-order valence-corrected chi connectivity index (χ2v) is 5.22. The number of aromatic nitrogens is 2. The Hall–Kier alpha value is -0.870. The summed E-state index contributed by atoms with van der Waals surface area (Å²) in [4.78, 5) is 2.55. The van der Waals surface area contributed by atoms with E-state index in [1.165, 1.54) is 36.5 Å². The lowest BCUT2D eigenvalue weighted by atomic mass is 10.1. The minimum absolute atomic E-state index is 0.817. The number of likely N-dealkylation sites (tertiary alicyclic amines) is 1. The van der Waals surface area contributed by atoms with E-state index in [4.69, 9.17) is 0 Å². The SMILES string of the molecule is CNCC1CCN(Cc2c(C)nn(C)c2C)C1. The normalized spacial score (nSPS) is 21.3. The predicted octanol–water partition coefficient (Wildman–Crippen LogP) is 1.08. The Kier molecular flexibility index (Phi) is 3.84. The van der Waals surface area contributed by atoms with E-state index in [0.717, 1.165) is 19.0 Å². The zero-order valence-corrected chi connectivity index (χ0v) is 11.5. The van der Waals surface area contributed by atoms with E-state index < -0.39 is 0 Å². The molecule has 17 heavy (non-hydrogen) atoms. The van der Waals surface area contributed by atoms with Gasteiger partial charge in [0.2, 0.25) is 0 Å². The molecule has 4 heteroatoms. The van der Waals surface area contributed by atoms with Gasteiger partial charge in [0.15, 0.2) is 0 Å². The Morgan fingerprint density at radius 2 is 2.18 bits per heavy atom. The fraction of sp³-hybridized carbons (Fsp3) is 0.769. The van der Waals surface area contributed by atoms with Crippen molar-refractivity contribution in [1.82, 2.24) is 20.0 Å². The highest BCUT2D eigenvalue weighted by atomic mass is 15.3. The van der Waals surface area contributed by atoms with E-state index in [1.54, 1.807) is 0 Å². The number of rotatable bonds is 4. The largest absolute Gasteiger partial charge is 0.319 e. The molecule has 1 N–H and O–H groups in total. The van der Waals surface area contributed by atoms with Gasteiger partial charge in [0.25, 0.3) is 0 Å². The summed E-state index contributed by atoms with van der Waals surface area (Å²) in [6.45, 7) is 8.92.